The zero-order chi connectivity index (χ0) is 20.1. The van der Waals surface area contributed by atoms with E-state index in [1.807, 2.05) is 96.1 Å². The van der Waals surface area contributed by atoms with E-state index in [4.69, 9.17) is 9.47 Å². The number of ether oxygens (including phenoxy) is 2. The Kier molecular flexibility index (Phi) is 6.83. The summed E-state index contributed by atoms with van der Waals surface area (Å²) < 4.78 is 11.9. The molecule has 0 aromatic heterocycles. The SMILES string of the molecule is CC(C)(C)OC(Cc1ccc(OCc2ccccc2)cc1)C(=O)C(C)(C)C. The molecule has 3 heteroatoms. The van der Waals surface area contributed by atoms with E-state index in [2.05, 4.69) is 0 Å². The zero-order valence-corrected chi connectivity index (χ0v) is 17.4. The molecule has 0 bridgehead atoms. The Hall–Kier alpha value is -2.13. The van der Waals surface area contributed by atoms with E-state index in [0.717, 1.165) is 16.9 Å². The van der Waals surface area contributed by atoms with Crippen LogP contribution in [0.2, 0.25) is 0 Å². The fourth-order valence-electron chi connectivity index (χ4n) is 2.77. The maximum Gasteiger partial charge on any atom is 0.167 e. The van der Waals surface area contributed by atoms with E-state index in [0.29, 0.717) is 13.0 Å². The van der Waals surface area contributed by atoms with Crippen LogP contribution in [0.15, 0.2) is 54.6 Å². The molecule has 0 fully saturated rings. The first-order chi connectivity index (χ1) is 12.5. The first-order valence-corrected chi connectivity index (χ1v) is 9.52. The van der Waals surface area contributed by atoms with Crippen LogP contribution in [0, 0.1) is 5.41 Å². The van der Waals surface area contributed by atoms with Gasteiger partial charge >= 0.3 is 0 Å². The minimum atomic E-state index is -0.457. The summed E-state index contributed by atoms with van der Waals surface area (Å²) in [4.78, 5) is 12.8. The topological polar surface area (TPSA) is 35.5 Å². The zero-order valence-electron chi connectivity index (χ0n) is 17.4. The molecule has 0 N–H and O–H groups in total. The van der Waals surface area contributed by atoms with Gasteiger partial charge < -0.3 is 9.47 Å². The van der Waals surface area contributed by atoms with Gasteiger partial charge in [-0.1, -0.05) is 63.2 Å². The number of ketones is 1. The Morgan fingerprint density at radius 3 is 1.96 bits per heavy atom. The van der Waals surface area contributed by atoms with Crippen molar-refractivity contribution in [3.63, 3.8) is 0 Å². The van der Waals surface area contributed by atoms with Crippen LogP contribution in [-0.2, 0) is 22.6 Å². The van der Waals surface area contributed by atoms with Crippen LogP contribution >= 0.6 is 0 Å². The van der Waals surface area contributed by atoms with Crippen molar-refractivity contribution in [3.05, 3.63) is 65.7 Å². The number of hydrogen-bond acceptors (Lipinski definition) is 3. The van der Waals surface area contributed by atoms with Gasteiger partial charge in [0.15, 0.2) is 5.78 Å². The molecule has 0 aliphatic rings. The van der Waals surface area contributed by atoms with Gasteiger partial charge in [0.05, 0.1) is 5.60 Å². The summed E-state index contributed by atoms with van der Waals surface area (Å²) in [7, 11) is 0. The largest absolute Gasteiger partial charge is 0.489 e. The van der Waals surface area contributed by atoms with Gasteiger partial charge in [0.2, 0.25) is 0 Å². The van der Waals surface area contributed by atoms with Crippen LogP contribution in [0.25, 0.3) is 0 Å². The van der Waals surface area contributed by atoms with E-state index in [-0.39, 0.29) is 11.4 Å². The maximum atomic E-state index is 12.8. The lowest BCUT2D eigenvalue weighted by Crippen LogP contribution is -2.40. The first-order valence-electron chi connectivity index (χ1n) is 9.52. The van der Waals surface area contributed by atoms with Crippen molar-refractivity contribution in [2.24, 2.45) is 5.41 Å². The summed E-state index contributed by atoms with van der Waals surface area (Å²) in [5, 5.41) is 0. The monoisotopic (exact) mass is 368 g/mol. The van der Waals surface area contributed by atoms with Crippen LogP contribution in [0.5, 0.6) is 5.75 Å². The molecule has 2 rings (SSSR count). The number of benzene rings is 2. The predicted molar refractivity (Wildman–Crippen MR) is 110 cm³/mol. The number of rotatable bonds is 7. The lowest BCUT2D eigenvalue weighted by molar-refractivity contribution is -0.147. The second-order valence-electron chi connectivity index (χ2n) is 8.96. The van der Waals surface area contributed by atoms with E-state index in [1.165, 1.54) is 0 Å². The van der Waals surface area contributed by atoms with Crippen molar-refractivity contribution in [1.29, 1.82) is 0 Å². The quantitative estimate of drug-likeness (QED) is 0.637. The Balaban J connectivity index is 2.03. The van der Waals surface area contributed by atoms with Crippen molar-refractivity contribution in [1.82, 2.24) is 0 Å². The molecule has 0 saturated carbocycles. The molecule has 1 atom stereocenters. The number of carbonyl (C=O) groups is 1. The average molecular weight is 369 g/mol. The highest BCUT2D eigenvalue weighted by Crippen LogP contribution is 2.25. The number of carbonyl (C=O) groups excluding carboxylic acids is 1. The third-order valence-corrected chi connectivity index (χ3v) is 4.12. The van der Waals surface area contributed by atoms with Gasteiger partial charge in [0.25, 0.3) is 0 Å². The minimum Gasteiger partial charge on any atom is -0.489 e. The molecule has 0 spiro atoms. The lowest BCUT2D eigenvalue weighted by Gasteiger charge is -2.31. The molecule has 2 aromatic rings. The molecule has 0 radical (unpaired) electrons. The van der Waals surface area contributed by atoms with Crippen LogP contribution < -0.4 is 4.74 Å². The van der Waals surface area contributed by atoms with Crippen LogP contribution in [0.1, 0.15) is 52.7 Å². The summed E-state index contributed by atoms with van der Waals surface area (Å²) in [6.07, 6.45) is 0.105. The Morgan fingerprint density at radius 1 is 0.852 bits per heavy atom. The molecule has 0 heterocycles. The van der Waals surface area contributed by atoms with Gasteiger partial charge in [-0.2, -0.15) is 0 Å². The third kappa shape index (κ3) is 7.18. The molecule has 3 nitrogen and oxygen atoms in total. The third-order valence-electron chi connectivity index (χ3n) is 4.12. The van der Waals surface area contributed by atoms with E-state index in [9.17, 15) is 4.79 Å². The van der Waals surface area contributed by atoms with Crippen LogP contribution in [0.4, 0.5) is 0 Å². The van der Waals surface area contributed by atoms with Crippen molar-refractivity contribution >= 4 is 5.78 Å². The van der Waals surface area contributed by atoms with Crippen molar-refractivity contribution in [2.75, 3.05) is 0 Å². The van der Waals surface area contributed by atoms with Crippen molar-refractivity contribution < 1.29 is 14.3 Å². The summed E-state index contributed by atoms with van der Waals surface area (Å²) in [6.45, 7) is 12.3. The highest BCUT2D eigenvalue weighted by molar-refractivity contribution is 5.88. The van der Waals surface area contributed by atoms with Gasteiger partial charge in [-0.15, -0.1) is 0 Å². The van der Waals surface area contributed by atoms with Gasteiger partial charge in [0.1, 0.15) is 18.5 Å². The van der Waals surface area contributed by atoms with Gasteiger partial charge in [-0.25, -0.2) is 0 Å². The van der Waals surface area contributed by atoms with Gasteiger partial charge in [0, 0.05) is 11.8 Å². The molecule has 1 unspecified atom stereocenters. The Labute approximate surface area is 163 Å². The van der Waals surface area contributed by atoms with Gasteiger partial charge in [-0.05, 0) is 44.0 Å². The second-order valence-corrected chi connectivity index (χ2v) is 8.96. The summed E-state index contributed by atoms with van der Waals surface area (Å²) >= 11 is 0. The molecule has 27 heavy (non-hydrogen) atoms. The Bertz CT molecular complexity index is 719. The average Bonchev–Trinajstić information content (AvgIpc) is 2.59. The van der Waals surface area contributed by atoms with Crippen LogP contribution in [0.3, 0.4) is 0 Å². The smallest absolute Gasteiger partial charge is 0.167 e. The first kappa shape index (κ1) is 21.2. The molecule has 0 amide bonds. The molecule has 0 aliphatic carbocycles. The predicted octanol–water partition coefficient (Wildman–Crippen LogP) is 5.61. The minimum absolute atomic E-state index is 0.127. The molecular formula is C24H32O3. The van der Waals surface area contributed by atoms with Crippen molar-refractivity contribution in [2.45, 2.75) is 66.3 Å². The standard InChI is InChI=1S/C24H32O3/c1-23(2,3)22(25)21(27-24(4,5)6)16-18-12-14-20(15-13-18)26-17-19-10-8-7-9-11-19/h7-15,21H,16-17H2,1-6H3. The fraction of sp³-hybridized carbons (Fsp3) is 0.458. The van der Waals surface area contributed by atoms with Crippen molar-refractivity contribution in [3.8, 4) is 5.75 Å². The van der Waals surface area contributed by atoms with E-state index in [1.54, 1.807) is 0 Å². The molecule has 2 aromatic carbocycles. The maximum absolute atomic E-state index is 12.8. The normalized spacial score (nSPS) is 13.3. The number of Topliss-reactive ketones (excluding diaryl/α,β-unsaturated/α-hetero) is 1. The van der Waals surface area contributed by atoms with Crippen LogP contribution in [-0.4, -0.2) is 17.5 Å². The Morgan fingerprint density at radius 2 is 1.44 bits per heavy atom. The summed E-state index contributed by atoms with van der Waals surface area (Å²) in [5.74, 6) is 0.944. The summed E-state index contributed by atoms with van der Waals surface area (Å²) in [5.41, 5.74) is 1.39. The highest BCUT2D eigenvalue weighted by atomic mass is 16.5. The van der Waals surface area contributed by atoms with Gasteiger partial charge in [-0.3, -0.25) is 4.79 Å². The number of hydrogen-bond donors (Lipinski definition) is 0. The second kappa shape index (κ2) is 8.71. The highest BCUT2D eigenvalue weighted by Gasteiger charge is 2.33. The molecular weight excluding hydrogens is 336 g/mol. The summed E-state index contributed by atoms with van der Waals surface area (Å²) in [6, 6.07) is 18.0. The fourth-order valence-corrected chi connectivity index (χ4v) is 2.77. The lowest BCUT2D eigenvalue weighted by atomic mass is 9.85. The molecule has 0 saturated heterocycles. The molecule has 0 aliphatic heterocycles. The van der Waals surface area contributed by atoms with E-state index < -0.39 is 11.5 Å². The van der Waals surface area contributed by atoms with E-state index >= 15 is 0 Å². The molecule has 146 valence electrons.